The summed E-state index contributed by atoms with van der Waals surface area (Å²) in [6, 6.07) is 11.9. The Hall–Kier alpha value is -1.87. The average Bonchev–Trinajstić information content (AvgIpc) is 2.73. The minimum Gasteiger partial charge on any atom is -0.300 e. The van der Waals surface area contributed by atoms with Crippen molar-refractivity contribution in [3.8, 4) is 5.69 Å². The number of hydrogen-bond donors (Lipinski definition) is 0. The molecule has 0 atom stereocenters. The Morgan fingerprint density at radius 1 is 1.06 bits per heavy atom. The molecule has 0 aliphatic rings. The zero-order valence-corrected chi connectivity index (χ0v) is 9.09. The van der Waals surface area contributed by atoms with Crippen molar-refractivity contribution in [3.63, 3.8) is 0 Å². The Balaban J connectivity index is 2.26. The Morgan fingerprint density at radius 2 is 1.88 bits per heavy atom. The van der Waals surface area contributed by atoms with Crippen molar-refractivity contribution < 1.29 is 0 Å². The van der Waals surface area contributed by atoms with Crippen molar-refractivity contribution >= 4 is 22.8 Å². The van der Waals surface area contributed by atoms with Gasteiger partial charge in [0.2, 0.25) is 0 Å². The highest BCUT2D eigenvalue weighted by Gasteiger charge is 2.05. The molecule has 0 bridgehead atoms. The molecule has 2 aromatic heterocycles. The topological polar surface area (TPSA) is 30.7 Å². The molecule has 78 valence electrons. The molecular formula is C12H8ClN3. The van der Waals surface area contributed by atoms with Crippen molar-refractivity contribution in [2.24, 2.45) is 0 Å². The largest absolute Gasteiger partial charge is 0.300 e. The third kappa shape index (κ3) is 1.46. The highest BCUT2D eigenvalue weighted by Crippen LogP contribution is 2.18. The predicted octanol–water partition coefficient (Wildman–Crippen LogP) is 3.07. The van der Waals surface area contributed by atoms with E-state index in [4.69, 9.17) is 11.6 Å². The molecule has 16 heavy (non-hydrogen) atoms. The van der Waals surface area contributed by atoms with Gasteiger partial charge in [-0.05, 0) is 18.2 Å². The molecule has 3 nitrogen and oxygen atoms in total. The molecule has 4 heteroatoms. The number of halogens is 1. The predicted molar refractivity (Wildman–Crippen MR) is 63.9 cm³/mol. The quantitative estimate of drug-likeness (QED) is 0.642. The van der Waals surface area contributed by atoms with Gasteiger partial charge in [-0.1, -0.05) is 29.8 Å². The Morgan fingerprint density at radius 3 is 2.69 bits per heavy atom. The summed E-state index contributed by atoms with van der Waals surface area (Å²) in [7, 11) is 0. The molecule has 2 heterocycles. The van der Waals surface area contributed by atoms with Gasteiger partial charge in [0.15, 0.2) is 5.65 Å². The standard InChI is InChI=1S/C12H8ClN3/c13-11-8-14-12-10(15-11)6-7-16(12)9-4-2-1-3-5-9/h1-8H. The van der Waals surface area contributed by atoms with Crippen LogP contribution in [-0.2, 0) is 0 Å². The van der Waals surface area contributed by atoms with E-state index in [2.05, 4.69) is 9.97 Å². The average molecular weight is 230 g/mol. The number of para-hydroxylation sites is 1. The third-order valence-corrected chi connectivity index (χ3v) is 2.58. The fourth-order valence-electron chi connectivity index (χ4n) is 1.68. The first kappa shape index (κ1) is 9.36. The van der Waals surface area contributed by atoms with Crippen LogP contribution < -0.4 is 0 Å². The third-order valence-electron chi connectivity index (χ3n) is 2.39. The van der Waals surface area contributed by atoms with Gasteiger partial charge in [-0.2, -0.15) is 0 Å². The Labute approximate surface area is 97.3 Å². The highest BCUT2D eigenvalue weighted by molar-refractivity contribution is 6.29. The Bertz CT molecular complexity index is 631. The van der Waals surface area contributed by atoms with Gasteiger partial charge in [0.25, 0.3) is 0 Å². The number of rotatable bonds is 1. The lowest BCUT2D eigenvalue weighted by atomic mass is 10.3. The highest BCUT2D eigenvalue weighted by atomic mass is 35.5. The molecule has 0 saturated heterocycles. The van der Waals surface area contributed by atoms with Gasteiger partial charge >= 0.3 is 0 Å². The second-order valence-corrected chi connectivity index (χ2v) is 3.81. The van der Waals surface area contributed by atoms with Gasteiger partial charge in [0.1, 0.15) is 10.7 Å². The van der Waals surface area contributed by atoms with Crippen molar-refractivity contribution in [3.05, 3.63) is 53.9 Å². The van der Waals surface area contributed by atoms with Crippen LogP contribution in [0.5, 0.6) is 0 Å². The van der Waals surface area contributed by atoms with Crippen molar-refractivity contribution in [2.75, 3.05) is 0 Å². The molecule has 0 amide bonds. The summed E-state index contributed by atoms with van der Waals surface area (Å²) in [6.07, 6.45) is 3.50. The number of benzene rings is 1. The zero-order chi connectivity index (χ0) is 11.0. The first-order valence-electron chi connectivity index (χ1n) is 4.89. The van der Waals surface area contributed by atoms with E-state index in [1.165, 1.54) is 0 Å². The monoisotopic (exact) mass is 229 g/mol. The summed E-state index contributed by atoms with van der Waals surface area (Å²) in [5.41, 5.74) is 2.68. The smallest absolute Gasteiger partial charge is 0.163 e. The zero-order valence-electron chi connectivity index (χ0n) is 8.34. The van der Waals surface area contributed by atoms with E-state index in [1.807, 2.05) is 47.2 Å². The van der Waals surface area contributed by atoms with Crippen LogP contribution in [0.25, 0.3) is 16.9 Å². The molecule has 0 aliphatic heterocycles. The van der Waals surface area contributed by atoms with Crippen LogP contribution in [0, 0.1) is 0 Å². The van der Waals surface area contributed by atoms with E-state index < -0.39 is 0 Å². The molecule has 0 saturated carbocycles. The minimum absolute atomic E-state index is 0.415. The number of nitrogens with zero attached hydrogens (tertiary/aromatic N) is 3. The maximum Gasteiger partial charge on any atom is 0.163 e. The second kappa shape index (κ2) is 3.61. The van der Waals surface area contributed by atoms with Crippen LogP contribution in [0.3, 0.4) is 0 Å². The molecule has 0 spiro atoms. The maximum atomic E-state index is 5.79. The van der Waals surface area contributed by atoms with E-state index in [1.54, 1.807) is 6.20 Å². The Kier molecular flexibility index (Phi) is 2.11. The van der Waals surface area contributed by atoms with E-state index in [-0.39, 0.29) is 0 Å². The molecule has 0 N–H and O–H groups in total. The lowest BCUT2D eigenvalue weighted by Crippen LogP contribution is -1.93. The van der Waals surface area contributed by atoms with E-state index in [0.717, 1.165) is 16.9 Å². The molecule has 1 aromatic carbocycles. The van der Waals surface area contributed by atoms with Gasteiger partial charge in [-0.25, -0.2) is 9.97 Å². The summed E-state index contributed by atoms with van der Waals surface area (Å²) in [5.74, 6) is 0. The number of aromatic nitrogens is 3. The molecule has 0 aliphatic carbocycles. The lowest BCUT2D eigenvalue weighted by Gasteiger charge is -2.03. The molecule has 0 fully saturated rings. The summed E-state index contributed by atoms with van der Waals surface area (Å²) in [5, 5.41) is 0.415. The minimum atomic E-state index is 0.415. The molecule has 3 rings (SSSR count). The fourth-order valence-corrected chi connectivity index (χ4v) is 1.82. The van der Waals surface area contributed by atoms with Crippen LogP contribution in [0.2, 0.25) is 5.15 Å². The van der Waals surface area contributed by atoms with Crippen LogP contribution >= 0.6 is 11.6 Å². The van der Waals surface area contributed by atoms with E-state index >= 15 is 0 Å². The van der Waals surface area contributed by atoms with Crippen LogP contribution in [0.4, 0.5) is 0 Å². The van der Waals surface area contributed by atoms with Crippen molar-refractivity contribution in [1.82, 2.24) is 14.5 Å². The molecule has 3 aromatic rings. The summed E-state index contributed by atoms with van der Waals surface area (Å²) in [4.78, 5) is 8.49. The first-order chi connectivity index (χ1) is 7.84. The van der Waals surface area contributed by atoms with Crippen LogP contribution in [-0.4, -0.2) is 14.5 Å². The molecule has 0 radical (unpaired) electrons. The van der Waals surface area contributed by atoms with Gasteiger partial charge in [0.05, 0.1) is 6.20 Å². The maximum absolute atomic E-state index is 5.79. The van der Waals surface area contributed by atoms with Crippen LogP contribution in [0.15, 0.2) is 48.8 Å². The molecule has 0 unspecified atom stereocenters. The van der Waals surface area contributed by atoms with Gasteiger partial charge in [-0.15, -0.1) is 0 Å². The summed E-state index contributed by atoms with van der Waals surface area (Å²) >= 11 is 5.79. The summed E-state index contributed by atoms with van der Waals surface area (Å²) in [6.45, 7) is 0. The van der Waals surface area contributed by atoms with E-state index in [0.29, 0.717) is 5.15 Å². The number of hydrogen-bond acceptors (Lipinski definition) is 2. The SMILES string of the molecule is Clc1cnc2c(ccn2-c2ccccc2)n1. The van der Waals surface area contributed by atoms with Crippen molar-refractivity contribution in [1.29, 1.82) is 0 Å². The lowest BCUT2D eigenvalue weighted by molar-refractivity contribution is 1.09. The van der Waals surface area contributed by atoms with Crippen molar-refractivity contribution in [2.45, 2.75) is 0 Å². The van der Waals surface area contributed by atoms with Gasteiger partial charge in [0, 0.05) is 11.9 Å². The van der Waals surface area contributed by atoms with Crippen LogP contribution in [0.1, 0.15) is 0 Å². The van der Waals surface area contributed by atoms with E-state index in [9.17, 15) is 0 Å². The summed E-state index contributed by atoms with van der Waals surface area (Å²) < 4.78 is 1.98. The fraction of sp³-hybridized carbons (Fsp3) is 0. The molecular weight excluding hydrogens is 222 g/mol. The first-order valence-corrected chi connectivity index (χ1v) is 5.27. The van der Waals surface area contributed by atoms with Gasteiger partial charge < -0.3 is 0 Å². The number of fused-ring (bicyclic) bond motifs is 1. The second-order valence-electron chi connectivity index (χ2n) is 3.42. The van der Waals surface area contributed by atoms with Gasteiger partial charge in [-0.3, -0.25) is 4.57 Å². The normalized spacial score (nSPS) is 10.8.